The van der Waals surface area contributed by atoms with Crippen LogP contribution in [0.25, 0.3) is 0 Å². The Kier molecular flexibility index (Phi) is 4.20. The predicted octanol–water partition coefficient (Wildman–Crippen LogP) is 2.47. The third-order valence-electron chi connectivity index (χ3n) is 2.36. The Labute approximate surface area is 81.6 Å². The van der Waals surface area contributed by atoms with Crippen molar-refractivity contribution in [1.82, 2.24) is 0 Å². The van der Waals surface area contributed by atoms with E-state index in [9.17, 15) is 0 Å². The summed E-state index contributed by atoms with van der Waals surface area (Å²) in [5, 5.41) is 0. The van der Waals surface area contributed by atoms with Crippen LogP contribution in [-0.2, 0) is 9.47 Å². The zero-order chi connectivity index (χ0) is 9.84. The summed E-state index contributed by atoms with van der Waals surface area (Å²) in [5.41, 5.74) is 0. The molecule has 1 aliphatic carbocycles. The first-order chi connectivity index (χ1) is 6.09. The van der Waals surface area contributed by atoms with Crippen LogP contribution in [0.5, 0.6) is 0 Å². The molecule has 0 aromatic carbocycles. The highest BCUT2D eigenvalue weighted by Gasteiger charge is 2.37. The van der Waals surface area contributed by atoms with E-state index in [1.54, 1.807) is 0 Å². The molecule has 0 spiro atoms. The van der Waals surface area contributed by atoms with Crippen LogP contribution in [0.1, 0.15) is 34.1 Å². The Morgan fingerprint density at radius 1 is 0.923 bits per heavy atom. The molecule has 2 nitrogen and oxygen atoms in total. The SMILES string of the molecule is CC(C)OCC1CC1COC(C)C. The third-order valence-corrected chi connectivity index (χ3v) is 2.36. The van der Waals surface area contributed by atoms with Gasteiger partial charge in [0.25, 0.3) is 0 Å². The fourth-order valence-electron chi connectivity index (χ4n) is 1.35. The maximum atomic E-state index is 5.55. The topological polar surface area (TPSA) is 18.5 Å². The van der Waals surface area contributed by atoms with Gasteiger partial charge in [-0.3, -0.25) is 0 Å². The average Bonchev–Trinajstić information content (AvgIpc) is 2.76. The van der Waals surface area contributed by atoms with Gasteiger partial charge in [0.2, 0.25) is 0 Å². The molecule has 0 bridgehead atoms. The molecule has 13 heavy (non-hydrogen) atoms. The molecule has 1 aliphatic rings. The van der Waals surface area contributed by atoms with Gasteiger partial charge in [-0.25, -0.2) is 0 Å². The lowest BCUT2D eigenvalue weighted by Gasteiger charge is -2.08. The molecular formula is C11H22O2. The summed E-state index contributed by atoms with van der Waals surface area (Å²) in [5.74, 6) is 1.53. The lowest BCUT2D eigenvalue weighted by atomic mass is 10.3. The van der Waals surface area contributed by atoms with E-state index >= 15 is 0 Å². The van der Waals surface area contributed by atoms with Crippen molar-refractivity contribution in [3.63, 3.8) is 0 Å². The monoisotopic (exact) mass is 186 g/mol. The van der Waals surface area contributed by atoms with Gasteiger partial charge in [0.15, 0.2) is 0 Å². The second-order valence-electron chi connectivity index (χ2n) is 4.52. The Morgan fingerprint density at radius 3 is 1.62 bits per heavy atom. The molecular weight excluding hydrogens is 164 g/mol. The van der Waals surface area contributed by atoms with E-state index in [1.165, 1.54) is 6.42 Å². The molecule has 0 aromatic rings. The molecule has 0 saturated heterocycles. The van der Waals surface area contributed by atoms with Gasteiger partial charge >= 0.3 is 0 Å². The van der Waals surface area contributed by atoms with Gasteiger partial charge in [0.1, 0.15) is 0 Å². The van der Waals surface area contributed by atoms with Crippen molar-refractivity contribution >= 4 is 0 Å². The maximum absolute atomic E-state index is 5.55. The van der Waals surface area contributed by atoms with Gasteiger partial charge in [-0.05, 0) is 46.0 Å². The minimum atomic E-state index is 0.368. The fraction of sp³-hybridized carbons (Fsp3) is 1.00. The summed E-state index contributed by atoms with van der Waals surface area (Å²) in [7, 11) is 0. The molecule has 78 valence electrons. The number of hydrogen-bond acceptors (Lipinski definition) is 2. The van der Waals surface area contributed by atoms with E-state index in [0.717, 1.165) is 25.0 Å². The molecule has 0 aliphatic heterocycles. The van der Waals surface area contributed by atoms with Gasteiger partial charge in [0.05, 0.1) is 25.4 Å². The van der Waals surface area contributed by atoms with Crippen molar-refractivity contribution in [3.8, 4) is 0 Å². The van der Waals surface area contributed by atoms with E-state index in [1.807, 2.05) is 0 Å². The lowest BCUT2D eigenvalue weighted by Crippen LogP contribution is -2.09. The summed E-state index contributed by atoms with van der Waals surface area (Å²) < 4.78 is 11.1. The van der Waals surface area contributed by atoms with Crippen LogP contribution in [0, 0.1) is 11.8 Å². The fourth-order valence-corrected chi connectivity index (χ4v) is 1.35. The predicted molar refractivity (Wildman–Crippen MR) is 53.8 cm³/mol. The molecule has 0 amide bonds. The van der Waals surface area contributed by atoms with Crippen molar-refractivity contribution in [2.75, 3.05) is 13.2 Å². The van der Waals surface area contributed by atoms with Crippen LogP contribution < -0.4 is 0 Å². The third kappa shape index (κ3) is 4.63. The molecule has 0 heterocycles. The van der Waals surface area contributed by atoms with Gasteiger partial charge in [-0.2, -0.15) is 0 Å². The van der Waals surface area contributed by atoms with Crippen LogP contribution in [0.15, 0.2) is 0 Å². The largest absolute Gasteiger partial charge is 0.378 e. The van der Waals surface area contributed by atoms with E-state index in [2.05, 4.69) is 27.7 Å². The first-order valence-corrected chi connectivity index (χ1v) is 5.32. The van der Waals surface area contributed by atoms with Gasteiger partial charge in [0, 0.05) is 0 Å². The Balaban J connectivity index is 1.96. The second-order valence-corrected chi connectivity index (χ2v) is 4.52. The van der Waals surface area contributed by atoms with Crippen molar-refractivity contribution in [2.45, 2.75) is 46.3 Å². The Morgan fingerprint density at radius 2 is 1.31 bits per heavy atom. The maximum Gasteiger partial charge on any atom is 0.0519 e. The standard InChI is InChI=1S/C11H22O2/c1-8(2)12-6-10-5-11(10)7-13-9(3)4/h8-11H,5-7H2,1-4H3. The molecule has 0 radical (unpaired) electrons. The quantitative estimate of drug-likeness (QED) is 0.634. The summed E-state index contributed by atoms with van der Waals surface area (Å²) in [6, 6.07) is 0. The Bertz CT molecular complexity index is 127. The summed E-state index contributed by atoms with van der Waals surface area (Å²) in [6.07, 6.45) is 2.03. The van der Waals surface area contributed by atoms with Crippen LogP contribution in [-0.4, -0.2) is 25.4 Å². The van der Waals surface area contributed by atoms with Crippen LogP contribution in [0.4, 0.5) is 0 Å². The smallest absolute Gasteiger partial charge is 0.0519 e. The number of hydrogen-bond donors (Lipinski definition) is 0. The molecule has 0 N–H and O–H groups in total. The van der Waals surface area contributed by atoms with Crippen molar-refractivity contribution < 1.29 is 9.47 Å². The molecule has 2 heteroatoms. The van der Waals surface area contributed by atoms with Gasteiger partial charge in [-0.1, -0.05) is 0 Å². The molecule has 1 rings (SSSR count). The van der Waals surface area contributed by atoms with E-state index in [0.29, 0.717) is 12.2 Å². The van der Waals surface area contributed by atoms with Crippen LogP contribution in [0.3, 0.4) is 0 Å². The van der Waals surface area contributed by atoms with E-state index in [4.69, 9.17) is 9.47 Å². The first-order valence-electron chi connectivity index (χ1n) is 5.32. The number of ether oxygens (including phenoxy) is 2. The molecule has 0 aromatic heterocycles. The van der Waals surface area contributed by atoms with Gasteiger partial charge in [-0.15, -0.1) is 0 Å². The highest BCUT2D eigenvalue weighted by molar-refractivity contribution is 4.86. The normalized spacial score (nSPS) is 27.2. The zero-order valence-electron chi connectivity index (χ0n) is 9.25. The highest BCUT2D eigenvalue weighted by Crippen LogP contribution is 2.39. The van der Waals surface area contributed by atoms with Gasteiger partial charge < -0.3 is 9.47 Å². The summed E-state index contributed by atoms with van der Waals surface area (Å²) in [6.45, 7) is 10.2. The van der Waals surface area contributed by atoms with E-state index < -0.39 is 0 Å². The van der Waals surface area contributed by atoms with Crippen molar-refractivity contribution in [1.29, 1.82) is 0 Å². The number of rotatable bonds is 6. The highest BCUT2D eigenvalue weighted by atomic mass is 16.5. The van der Waals surface area contributed by atoms with Crippen LogP contribution in [0.2, 0.25) is 0 Å². The average molecular weight is 186 g/mol. The first kappa shape index (κ1) is 11.0. The molecule has 1 fully saturated rings. The summed E-state index contributed by atoms with van der Waals surface area (Å²) in [4.78, 5) is 0. The lowest BCUT2D eigenvalue weighted by molar-refractivity contribution is 0.0473. The minimum Gasteiger partial charge on any atom is -0.378 e. The minimum absolute atomic E-state index is 0.368. The van der Waals surface area contributed by atoms with E-state index in [-0.39, 0.29) is 0 Å². The van der Waals surface area contributed by atoms with Crippen molar-refractivity contribution in [3.05, 3.63) is 0 Å². The zero-order valence-corrected chi connectivity index (χ0v) is 9.25. The van der Waals surface area contributed by atoms with Crippen LogP contribution >= 0.6 is 0 Å². The second kappa shape index (κ2) is 4.97. The molecule has 1 saturated carbocycles. The summed E-state index contributed by atoms with van der Waals surface area (Å²) >= 11 is 0. The Hall–Kier alpha value is -0.0800. The molecule has 2 unspecified atom stereocenters. The van der Waals surface area contributed by atoms with Crippen molar-refractivity contribution in [2.24, 2.45) is 11.8 Å². The molecule has 2 atom stereocenters.